The molecule has 0 saturated carbocycles. The van der Waals surface area contributed by atoms with Crippen LogP contribution in [-0.4, -0.2) is 21.8 Å². The SMILES string of the molecule is CC(=O)/C=C(\O)c1ccc2cc(/C(O)=C/C(C)=O)ccc2c1. The molecule has 2 N–H and O–H groups in total. The van der Waals surface area contributed by atoms with Crippen molar-refractivity contribution in [3.63, 3.8) is 0 Å². The number of rotatable bonds is 4. The smallest absolute Gasteiger partial charge is 0.156 e. The zero-order valence-electron chi connectivity index (χ0n) is 12.3. The molecule has 112 valence electrons. The summed E-state index contributed by atoms with van der Waals surface area (Å²) in [4.78, 5) is 22.0. The number of benzene rings is 2. The Kier molecular flexibility index (Phi) is 4.41. The van der Waals surface area contributed by atoms with Crippen LogP contribution in [0.3, 0.4) is 0 Å². The molecule has 0 saturated heterocycles. The van der Waals surface area contributed by atoms with Crippen LogP contribution in [0.1, 0.15) is 25.0 Å². The van der Waals surface area contributed by atoms with E-state index in [1.165, 1.54) is 13.8 Å². The van der Waals surface area contributed by atoms with E-state index in [0.717, 1.165) is 22.9 Å². The average molecular weight is 296 g/mol. The molecule has 2 aromatic rings. The molecular formula is C18H16O4. The third-order valence-electron chi connectivity index (χ3n) is 3.11. The number of hydrogen-bond donors (Lipinski definition) is 2. The van der Waals surface area contributed by atoms with Gasteiger partial charge >= 0.3 is 0 Å². The quantitative estimate of drug-likeness (QED) is 0.664. The molecule has 22 heavy (non-hydrogen) atoms. The Labute approximate surface area is 128 Å². The van der Waals surface area contributed by atoms with Crippen molar-refractivity contribution in [2.45, 2.75) is 13.8 Å². The van der Waals surface area contributed by atoms with Crippen molar-refractivity contribution in [3.05, 3.63) is 59.7 Å². The molecule has 4 heteroatoms. The van der Waals surface area contributed by atoms with Gasteiger partial charge in [0.2, 0.25) is 0 Å². The summed E-state index contributed by atoms with van der Waals surface area (Å²) in [5, 5.41) is 21.4. The van der Waals surface area contributed by atoms with Gasteiger partial charge in [0.25, 0.3) is 0 Å². The van der Waals surface area contributed by atoms with E-state index in [-0.39, 0.29) is 23.1 Å². The van der Waals surface area contributed by atoms with E-state index in [1.54, 1.807) is 36.4 Å². The lowest BCUT2D eigenvalue weighted by atomic mass is 10.0. The van der Waals surface area contributed by atoms with Crippen molar-refractivity contribution in [1.82, 2.24) is 0 Å². The second kappa shape index (κ2) is 6.26. The molecule has 0 radical (unpaired) electrons. The third kappa shape index (κ3) is 3.61. The normalized spacial score (nSPS) is 12.5. The number of allylic oxidation sites excluding steroid dienone is 2. The highest BCUT2D eigenvalue weighted by atomic mass is 16.3. The van der Waals surface area contributed by atoms with E-state index in [0.29, 0.717) is 11.1 Å². The number of carbonyl (C=O) groups is 2. The fourth-order valence-corrected chi connectivity index (χ4v) is 2.12. The van der Waals surface area contributed by atoms with Gasteiger partial charge in [0.15, 0.2) is 11.6 Å². The average Bonchev–Trinajstić information content (AvgIpc) is 2.44. The molecule has 0 unspecified atom stereocenters. The summed E-state index contributed by atoms with van der Waals surface area (Å²) in [5.41, 5.74) is 1.08. The van der Waals surface area contributed by atoms with Crippen LogP contribution in [0.5, 0.6) is 0 Å². The monoisotopic (exact) mass is 296 g/mol. The van der Waals surface area contributed by atoms with E-state index >= 15 is 0 Å². The first-order chi connectivity index (χ1) is 10.4. The minimum Gasteiger partial charge on any atom is -0.507 e. The van der Waals surface area contributed by atoms with Gasteiger partial charge in [-0.25, -0.2) is 0 Å². The van der Waals surface area contributed by atoms with Crippen molar-refractivity contribution >= 4 is 33.9 Å². The van der Waals surface area contributed by atoms with Gasteiger partial charge in [-0.05, 0) is 36.8 Å². The fourth-order valence-electron chi connectivity index (χ4n) is 2.12. The fraction of sp³-hybridized carbons (Fsp3) is 0.111. The van der Waals surface area contributed by atoms with Gasteiger partial charge in [-0.1, -0.05) is 24.3 Å². The minimum absolute atomic E-state index is 0.0854. The van der Waals surface area contributed by atoms with Crippen LogP contribution in [0.15, 0.2) is 48.6 Å². The van der Waals surface area contributed by atoms with Gasteiger partial charge in [-0.3, -0.25) is 9.59 Å². The Balaban J connectivity index is 2.45. The molecule has 0 atom stereocenters. The van der Waals surface area contributed by atoms with E-state index in [4.69, 9.17) is 0 Å². The molecule has 2 rings (SSSR count). The van der Waals surface area contributed by atoms with Gasteiger partial charge in [-0.15, -0.1) is 0 Å². The van der Waals surface area contributed by atoms with Crippen LogP contribution in [0.25, 0.3) is 22.3 Å². The molecule has 0 aliphatic rings. The van der Waals surface area contributed by atoms with Crippen molar-refractivity contribution < 1.29 is 19.8 Å². The molecule has 2 aromatic carbocycles. The van der Waals surface area contributed by atoms with Gasteiger partial charge in [-0.2, -0.15) is 0 Å². The predicted molar refractivity (Wildman–Crippen MR) is 86.5 cm³/mol. The van der Waals surface area contributed by atoms with E-state index in [2.05, 4.69) is 0 Å². The second-order valence-corrected chi connectivity index (χ2v) is 5.06. The molecule has 0 bridgehead atoms. The van der Waals surface area contributed by atoms with E-state index < -0.39 is 0 Å². The summed E-state index contributed by atoms with van der Waals surface area (Å²) in [5.74, 6) is -0.630. The van der Waals surface area contributed by atoms with Crippen LogP contribution >= 0.6 is 0 Å². The Morgan fingerprint density at radius 2 is 1.14 bits per heavy atom. The Morgan fingerprint density at radius 3 is 1.45 bits per heavy atom. The zero-order valence-corrected chi connectivity index (χ0v) is 12.3. The third-order valence-corrected chi connectivity index (χ3v) is 3.11. The number of fused-ring (bicyclic) bond motifs is 1. The topological polar surface area (TPSA) is 74.6 Å². The van der Waals surface area contributed by atoms with E-state index in [9.17, 15) is 19.8 Å². The highest BCUT2D eigenvalue weighted by Gasteiger charge is 2.05. The van der Waals surface area contributed by atoms with Gasteiger partial charge < -0.3 is 10.2 Å². The zero-order chi connectivity index (χ0) is 16.3. The van der Waals surface area contributed by atoms with Crippen molar-refractivity contribution in [1.29, 1.82) is 0 Å². The van der Waals surface area contributed by atoms with E-state index in [1.807, 2.05) is 0 Å². The van der Waals surface area contributed by atoms with Gasteiger partial charge in [0, 0.05) is 23.3 Å². The highest BCUT2D eigenvalue weighted by Crippen LogP contribution is 2.23. The molecule has 0 fully saturated rings. The first kappa shape index (κ1) is 15.5. The number of ketones is 2. The lowest BCUT2D eigenvalue weighted by molar-refractivity contribution is -0.113. The Morgan fingerprint density at radius 1 is 0.773 bits per heavy atom. The Bertz CT molecular complexity index is 744. The lowest BCUT2D eigenvalue weighted by Gasteiger charge is -2.06. The van der Waals surface area contributed by atoms with Crippen molar-refractivity contribution in [2.75, 3.05) is 0 Å². The largest absolute Gasteiger partial charge is 0.507 e. The number of aliphatic hydroxyl groups is 2. The second-order valence-electron chi connectivity index (χ2n) is 5.06. The summed E-state index contributed by atoms with van der Waals surface area (Å²) >= 11 is 0. The Hall–Kier alpha value is -2.88. The van der Waals surface area contributed by atoms with Crippen LogP contribution in [0, 0.1) is 0 Å². The highest BCUT2D eigenvalue weighted by molar-refractivity contribution is 5.96. The molecule has 0 aliphatic heterocycles. The standard InChI is InChI=1S/C18H16O4/c1-11(19)7-17(21)15-5-3-14-10-16(6-4-13(14)9-15)18(22)8-12(2)20/h3-10,21-22H,1-2H3/b17-7-,18-8-. The van der Waals surface area contributed by atoms with Crippen LogP contribution in [0.4, 0.5) is 0 Å². The van der Waals surface area contributed by atoms with Crippen molar-refractivity contribution in [3.8, 4) is 0 Å². The summed E-state index contributed by atoms with van der Waals surface area (Å²) in [6, 6.07) is 10.4. The van der Waals surface area contributed by atoms with Gasteiger partial charge in [0.05, 0.1) is 0 Å². The summed E-state index contributed by atoms with van der Waals surface area (Å²) in [6.45, 7) is 2.74. The maximum absolute atomic E-state index is 11.0. The molecular weight excluding hydrogens is 280 g/mol. The summed E-state index contributed by atoms with van der Waals surface area (Å²) in [6.07, 6.45) is 2.33. The minimum atomic E-state index is -0.229. The molecule has 0 heterocycles. The van der Waals surface area contributed by atoms with Crippen LogP contribution < -0.4 is 0 Å². The molecule has 0 aromatic heterocycles. The number of carbonyl (C=O) groups excluding carboxylic acids is 2. The van der Waals surface area contributed by atoms with Crippen LogP contribution in [0.2, 0.25) is 0 Å². The maximum atomic E-state index is 11.0. The first-order valence-electron chi connectivity index (χ1n) is 6.74. The van der Waals surface area contributed by atoms with Crippen molar-refractivity contribution in [2.24, 2.45) is 0 Å². The molecule has 0 spiro atoms. The predicted octanol–water partition coefficient (Wildman–Crippen LogP) is 3.82. The first-order valence-corrected chi connectivity index (χ1v) is 6.74. The lowest BCUT2D eigenvalue weighted by Crippen LogP contribution is -1.91. The summed E-state index contributed by atoms with van der Waals surface area (Å²) < 4.78 is 0. The molecule has 4 nitrogen and oxygen atoms in total. The number of aliphatic hydroxyl groups excluding tert-OH is 2. The molecule has 0 aliphatic carbocycles. The maximum Gasteiger partial charge on any atom is 0.156 e. The van der Waals surface area contributed by atoms with Crippen LogP contribution in [-0.2, 0) is 9.59 Å². The summed E-state index contributed by atoms with van der Waals surface area (Å²) in [7, 11) is 0. The number of hydrogen-bond acceptors (Lipinski definition) is 4. The molecule has 0 amide bonds. The van der Waals surface area contributed by atoms with Gasteiger partial charge in [0.1, 0.15) is 11.5 Å².